The molecule has 4 N–H and O–H groups in total. The van der Waals surface area contributed by atoms with Gasteiger partial charge in [-0.05, 0) is 39.5 Å². The Balaban J connectivity index is 1.81. The fraction of sp³-hybridized carbons (Fsp3) is 0.600. The minimum Gasteiger partial charge on any atom is -0.368 e. The SMILES string of the molecule is CC(C)Nc1cc(NC2CCC(N)CC2)nc2ccnn12. The summed E-state index contributed by atoms with van der Waals surface area (Å²) in [5.41, 5.74) is 6.82. The zero-order valence-corrected chi connectivity index (χ0v) is 12.7. The molecule has 2 aromatic heterocycles. The van der Waals surface area contributed by atoms with Crippen LogP contribution in [-0.2, 0) is 0 Å². The third-order valence-electron chi connectivity index (χ3n) is 3.92. The molecule has 6 nitrogen and oxygen atoms in total. The Morgan fingerprint density at radius 3 is 2.76 bits per heavy atom. The summed E-state index contributed by atoms with van der Waals surface area (Å²) in [5, 5.41) is 11.3. The molecule has 0 aliphatic heterocycles. The van der Waals surface area contributed by atoms with Crippen molar-refractivity contribution in [3.8, 4) is 0 Å². The molecular formula is C15H24N6. The van der Waals surface area contributed by atoms with E-state index in [-0.39, 0.29) is 0 Å². The highest BCUT2D eigenvalue weighted by Crippen LogP contribution is 2.23. The molecule has 3 rings (SSSR count). The predicted molar refractivity (Wildman–Crippen MR) is 85.6 cm³/mol. The topological polar surface area (TPSA) is 80.3 Å². The van der Waals surface area contributed by atoms with Crippen molar-refractivity contribution in [3.63, 3.8) is 0 Å². The van der Waals surface area contributed by atoms with Crippen molar-refractivity contribution in [3.05, 3.63) is 18.3 Å². The summed E-state index contributed by atoms with van der Waals surface area (Å²) >= 11 is 0. The Morgan fingerprint density at radius 1 is 1.29 bits per heavy atom. The van der Waals surface area contributed by atoms with Crippen molar-refractivity contribution in [1.82, 2.24) is 14.6 Å². The molecule has 0 saturated heterocycles. The van der Waals surface area contributed by atoms with E-state index in [4.69, 9.17) is 5.73 Å². The molecular weight excluding hydrogens is 264 g/mol. The minimum absolute atomic E-state index is 0.348. The maximum Gasteiger partial charge on any atom is 0.159 e. The first kappa shape index (κ1) is 14.1. The van der Waals surface area contributed by atoms with Crippen molar-refractivity contribution in [2.45, 2.75) is 57.7 Å². The molecule has 0 unspecified atom stereocenters. The van der Waals surface area contributed by atoms with E-state index < -0.39 is 0 Å². The van der Waals surface area contributed by atoms with Gasteiger partial charge in [-0.15, -0.1) is 0 Å². The first-order valence-electron chi connectivity index (χ1n) is 7.75. The highest BCUT2D eigenvalue weighted by atomic mass is 15.3. The Morgan fingerprint density at radius 2 is 2.05 bits per heavy atom. The van der Waals surface area contributed by atoms with Gasteiger partial charge in [0.25, 0.3) is 0 Å². The van der Waals surface area contributed by atoms with E-state index >= 15 is 0 Å². The summed E-state index contributed by atoms with van der Waals surface area (Å²) in [7, 11) is 0. The molecule has 1 aliphatic carbocycles. The molecule has 0 atom stereocenters. The van der Waals surface area contributed by atoms with Crippen LogP contribution in [0.4, 0.5) is 11.6 Å². The third-order valence-corrected chi connectivity index (χ3v) is 3.92. The molecule has 6 heteroatoms. The predicted octanol–water partition coefficient (Wildman–Crippen LogP) is 2.23. The van der Waals surface area contributed by atoms with Gasteiger partial charge in [0, 0.05) is 30.3 Å². The Labute approximate surface area is 125 Å². The number of hydrogen-bond donors (Lipinski definition) is 3. The lowest BCUT2D eigenvalue weighted by atomic mass is 9.92. The second-order valence-corrected chi connectivity index (χ2v) is 6.18. The normalized spacial score (nSPS) is 22.7. The Hall–Kier alpha value is -1.82. The molecule has 2 heterocycles. The molecule has 1 saturated carbocycles. The van der Waals surface area contributed by atoms with E-state index in [1.807, 2.05) is 16.6 Å². The lowest BCUT2D eigenvalue weighted by Crippen LogP contribution is -2.33. The van der Waals surface area contributed by atoms with Crippen LogP contribution in [0.25, 0.3) is 5.65 Å². The fourth-order valence-electron chi connectivity index (χ4n) is 2.86. The van der Waals surface area contributed by atoms with Gasteiger partial charge in [0.05, 0.1) is 6.20 Å². The van der Waals surface area contributed by atoms with E-state index in [1.54, 1.807) is 6.20 Å². The maximum atomic E-state index is 5.96. The van der Waals surface area contributed by atoms with Gasteiger partial charge in [0.15, 0.2) is 5.65 Å². The van der Waals surface area contributed by atoms with Crippen LogP contribution in [0.3, 0.4) is 0 Å². The number of nitrogens with two attached hydrogens (primary N) is 1. The van der Waals surface area contributed by atoms with E-state index in [9.17, 15) is 0 Å². The lowest BCUT2D eigenvalue weighted by molar-refractivity contribution is 0.410. The molecule has 0 bridgehead atoms. The van der Waals surface area contributed by atoms with Crippen LogP contribution in [0.1, 0.15) is 39.5 Å². The Bertz CT molecular complexity index is 597. The number of anilines is 2. The average molecular weight is 288 g/mol. The number of nitrogens with one attached hydrogen (secondary N) is 2. The van der Waals surface area contributed by atoms with Gasteiger partial charge in [-0.1, -0.05) is 0 Å². The van der Waals surface area contributed by atoms with E-state index in [2.05, 4.69) is 34.6 Å². The van der Waals surface area contributed by atoms with Crippen molar-refractivity contribution >= 4 is 17.3 Å². The van der Waals surface area contributed by atoms with Gasteiger partial charge in [-0.2, -0.15) is 9.61 Å². The van der Waals surface area contributed by atoms with Gasteiger partial charge in [-0.3, -0.25) is 0 Å². The van der Waals surface area contributed by atoms with Crippen molar-refractivity contribution in [2.24, 2.45) is 5.73 Å². The minimum atomic E-state index is 0.348. The molecule has 1 aliphatic rings. The van der Waals surface area contributed by atoms with E-state index in [0.717, 1.165) is 43.0 Å². The van der Waals surface area contributed by atoms with Crippen LogP contribution < -0.4 is 16.4 Å². The summed E-state index contributed by atoms with van der Waals surface area (Å²) in [5.74, 6) is 1.88. The van der Waals surface area contributed by atoms with Crippen molar-refractivity contribution < 1.29 is 0 Å². The second-order valence-electron chi connectivity index (χ2n) is 6.18. The van der Waals surface area contributed by atoms with E-state index in [1.165, 1.54) is 0 Å². The number of fused-ring (bicyclic) bond motifs is 1. The lowest BCUT2D eigenvalue weighted by Gasteiger charge is -2.27. The highest BCUT2D eigenvalue weighted by Gasteiger charge is 2.19. The summed E-state index contributed by atoms with van der Waals surface area (Å²) < 4.78 is 1.84. The standard InChI is InChI=1S/C15H24N6/c1-10(2)18-15-9-13(20-14-7-8-17-21(14)15)19-12-5-3-11(16)4-6-12/h7-12,18H,3-6,16H2,1-2H3,(H,19,20). The smallest absolute Gasteiger partial charge is 0.159 e. The van der Waals surface area contributed by atoms with Crippen LogP contribution in [0.2, 0.25) is 0 Å². The largest absolute Gasteiger partial charge is 0.368 e. The van der Waals surface area contributed by atoms with Crippen molar-refractivity contribution in [1.29, 1.82) is 0 Å². The first-order valence-corrected chi connectivity index (χ1v) is 7.75. The molecule has 114 valence electrons. The summed E-state index contributed by atoms with van der Waals surface area (Å²) in [6, 6.07) is 5.14. The summed E-state index contributed by atoms with van der Waals surface area (Å²) in [6.07, 6.45) is 6.17. The van der Waals surface area contributed by atoms with Crippen LogP contribution in [-0.4, -0.2) is 32.7 Å². The number of nitrogens with zero attached hydrogens (tertiary/aromatic N) is 3. The molecule has 2 aromatic rings. The number of hydrogen-bond acceptors (Lipinski definition) is 5. The maximum absolute atomic E-state index is 5.96. The molecule has 21 heavy (non-hydrogen) atoms. The third kappa shape index (κ3) is 3.26. The summed E-state index contributed by atoms with van der Waals surface area (Å²) in [4.78, 5) is 4.63. The molecule has 0 aromatic carbocycles. The highest BCUT2D eigenvalue weighted by molar-refractivity contribution is 5.57. The summed E-state index contributed by atoms with van der Waals surface area (Å²) in [6.45, 7) is 4.23. The van der Waals surface area contributed by atoms with Crippen LogP contribution >= 0.6 is 0 Å². The Kier molecular flexibility index (Phi) is 3.96. The number of rotatable bonds is 4. The zero-order valence-electron chi connectivity index (χ0n) is 12.7. The first-order chi connectivity index (χ1) is 10.1. The van der Waals surface area contributed by atoms with Crippen LogP contribution in [0, 0.1) is 0 Å². The van der Waals surface area contributed by atoms with Gasteiger partial charge < -0.3 is 16.4 Å². The van der Waals surface area contributed by atoms with Gasteiger partial charge in [0.2, 0.25) is 0 Å². The van der Waals surface area contributed by atoms with Gasteiger partial charge in [-0.25, -0.2) is 4.98 Å². The number of aromatic nitrogens is 3. The monoisotopic (exact) mass is 288 g/mol. The molecule has 0 amide bonds. The molecule has 0 radical (unpaired) electrons. The fourth-order valence-corrected chi connectivity index (χ4v) is 2.86. The van der Waals surface area contributed by atoms with Crippen molar-refractivity contribution in [2.75, 3.05) is 10.6 Å². The average Bonchev–Trinajstić information content (AvgIpc) is 2.89. The zero-order chi connectivity index (χ0) is 14.8. The second kappa shape index (κ2) is 5.89. The molecule has 0 spiro atoms. The van der Waals surface area contributed by atoms with Gasteiger partial charge in [0.1, 0.15) is 11.6 Å². The molecule has 1 fully saturated rings. The quantitative estimate of drug-likeness (QED) is 0.804. The van der Waals surface area contributed by atoms with Crippen LogP contribution in [0.5, 0.6) is 0 Å². The van der Waals surface area contributed by atoms with E-state index in [0.29, 0.717) is 18.1 Å². The van der Waals surface area contributed by atoms with Crippen LogP contribution in [0.15, 0.2) is 18.3 Å². The van der Waals surface area contributed by atoms with Gasteiger partial charge >= 0.3 is 0 Å².